The van der Waals surface area contributed by atoms with Crippen molar-refractivity contribution >= 4 is 46.3 Å². The van der Waals surface area contributed by atoms with Crippen molar-refractivity contribution in [3.8, 4) is 11.5 Å². The molecule has 1 aliphatic heterocycles. The molecule has 0 spiro atoms. The molecule has 2 aromatic carbocycles. The van der Waals surface area contributed by atoms with Gasteiger partial charge in [0.2, 0.25) is 5.01 Å². The largest absolute Gasteiger partial charge is 0.493 e. The normalized spacial score (nSPS) is 15.2. The maximum absolute atomic E-state index is 13.0. The van der Waals surface area contributed by atoms with E-state index < -0.39 is 0 Å². The van der Waals surface area contributed by atoms with Crippen molar-refractivity contribution in [3.05, 3.63) is 57.5 Å². The Morgan fingerprint density at radius 1 is 1.06 bits per heavy atom. The van der Waals surface area contributed by atoms with E-state index in [9.17, 15) is 9.59 Å². The molecule has 2 N–H and O–H groups in total. The van der Waals surface area contributed by atoms with Gasteiger partial charge < -0.3 is 25.0 Å². The van der Waals surface area contributed by atoms with Crippen LogP contribution in [0.3, 0.4) is 0 Å². The number of methoxy groups -OCH3 is 2. The number of amides is 3. The lowest BCUT2D eigenvalue weighted by Gasteiger charge is -2.23. The quantitative estimate of drug-likeness (QED) is 0.516. The number of urea groups is 1. The fraction of sp³-hybridized carbons (Fsp3) is 0.273. The second kappa shape index (κ2) is 10.1. The number of aromatic nitrogens is 2. The third-order valence-corrected chi connectivity index (χ3v) is 6.41. The molecule has 0 aliphatic carbocycles. The molecule has 1 aromatic heterocycles. The molecule has 4 rings (SSSR count). The smallest absolute Gasteiger partial charge is 0.322 e. The molecule has 1 saturated heterocycles. The lowest BCUT2D eigenvalue weighted by Crippen LogP contribution is -2.34. The summed E-state index contributed by atoms with van der Waals surface area (Å²) in [4.78, 5) is 27.2. The number of likely N-dealkylation sites (tertiary alicyclic amines) is 1. The second-order valence-electron chi connectivity index (χ2n) is 7.26. The Balaban J connectivity index is 1.44. The van der Waals surface area contributed by atoms with Crippen molar-refractivity contribution in [3.63, 3.8) is 0 Å². The average Bonchev–Trinajstić information content (AvgIpc) is 3.48. The lowest BCUT2D eigenvalue weighted by molar-refractivity contribution is 0.102. The predicted molar refractivity (Wildman–Crippen MR) is 127 cm³/mol. The van der Waals surface area contributed by atoms with Gasteiger partial charge in [0.15, 0.2) is 11.5 Å². The summed E-state index contributed by atoms with van der Waals surface area (Å²) < 4.78 is 10.5. The number of rotatable bonds is 6. The Hall–Kier alpha value is -3.37. The minimum absolute atomic E-state index is 0.220. The van der Waals surface area contributed by atoms with Gasteiger partial charge in [0.05, 0.1) is 20.3 Å². The molecule has 0 radical (unpaired) electrons. The Labute approximate surface area is 199 Å². The zero-order valence-electron chi connectivity index (χ0n) is 18.0. The van der Waals surface area contributed by atoms with Crippen LogP contribution in [0.25, 0.3) is 0 Å². The third-order valence-electron chi connectivity index (χ3n) is 5.15. The molecule has 3 amide bonds. The monoisotopic (exact) mass is 487 g/mol. The van der Waals surface area contributed by atoms with Crippen molar-refractivity contribution in [2.24, 2.45) is 0 Å². The summed E-state index contributed by atoms with van der Waals surface area (Å²) in [6, 6.07) is 11.5. The van der Waals surface area contributed by atoms with Gasteiger partial charge in [-0.3, -0.25) is 4.79 Å². The molecule has 3 aromatic rings. The Bertz CT molecular complexity index is 1170. The minimum Gasteiger partial charge on any atom is -0.493 e. The fourth-order valence-corrected chi connectivity index (χ4v) is 4.66. The number of halogens is 1. The first kappa shape index (κ1) is 22.8. The van der Waals surface area contributed by atoms with Crippen LogP contribution >= 0.6 is 22.9 Å². The first-order valence-electron chi connectivity index (χ1n) is 10.2. The second-order valence-corrected chi connectivity index (χ2v) is 8.71. The van der Waals surface area contributed by atoms with Gasteiger partial charge in [0, 0.05) is 29.0 Å². The number of benzene rings is 2. The van der Waals surface area contributed by atoms with Gasteiger partial charge in [-0.15, -0.1) is 10.2 Å². The van der Waals surface area contributed by atoms with Gasteiger partial charge in [-0.1, -0.05) is 29.0 Å². The average molecular weight is 488 g/mol. The first-order chi connectivity index (χ1) is 16.0. The summed E-state index contributed by atoms with van der Waals surface area (Å²) >= 11 is 7.14. The predicted octanol–water partition coefficient (Wildman–Crippen LogP) is 4.83. The van der Waals surface area contributed by atoms with Crippen molar-refractivity contribution in [2.45, 2.75) is 18.9 Å². The molecule has 1 atom stereocenters. The number of hydrogen-bond donors (Lipinski definition) is 2. The number of carbonyl (C=O) groups excluding carboxylic acids is 2. The Kier molecular flexibility index (Phi) is 6.95. The molecule has 11 heteroatoms. The van der Waals surface area contributed by atoms with Gasteiger partial charge in [-0.25, -0.2) is 4.79 Å². The summed E-state index contributed by atoms with van der Waals surface area (Å²) in [5, 5.41) is 15.2. The Morgan fingerprint density at radius 2 is 1.85 bits per heavy atom. The highest BCUT2D eigenvalue weighted by atomic mass is 35.5. The van der Waals surface area contributed by atoms with E-state index in [2.05, 4.69) is 20.8 Å². The first-order valence-corrected chi connectivity index (χ1v) is 11.4. The molecule has 1 aliphatic rings. The number of nitrogens with one attached hydrogen (secondary N) is 2. The summed E-state index contributed by atoms with van der Waals surface area (Å²) in [7, 11) is 3.09. The molecule has 1 fully saturated rings. The molecular weight excluding hydrogens is 466 g/mol. The standard InChI is InChI=1S/C22H22ClN5O4S/c1-31-17-9-8-15(12-18(17)32-2)25-22(30)28-10-4-7-16(28)20-26-27-21(33-20)19(29)24-14-6-3-5-13(23)11-14/h3,5-6,8-9,11-12,16H,4,7,10H2,1-2H3,(H,24,29)(H,25,30)/t16-/m0/s1. The van der Waals surface area contributed by atoms with Crippen LogP contribution in [0, 0.1) is 0 Å². The number of carbonyl (C=O) groups is 2. The number of hydrogen-bond acceptors (Lipinski definition) is 7. The van der Waals surface area contributed by atoms with Crippen LogP contribution in [0.5, 0.6) is 11.5 Å². The number of nitrogens with zero attached hydrogens (tertiary/aromatic N) is 3. The third kappa shape index (κ3) is 5.18. The maximum Gasteiger partial charge on any atom is 0.322 e. The van der Waals surface area contributed by atoms with Crippen LogP contribution < -0.4 is 20.1 Å². The van der Waals surface area contributed by atoms with Crippen molar-refractivity contribution < 1.29 is 19.1 Å². The van der Waals surface area contributed by atoms with Gasteiger partial charge in [-0.05, 0) is 43.2 Å². The van der Waals surface area contributed by atoms with E-state index in [1.807, 2.05) is 0 Å². The molecule has 0 unspecified atom stereocenters. The summed E-state index contributed by atoms with van der Waals surface area (Å²) in [5.74, 6) is 0.722. The van der Waals surface area contributed by atoms with Crippen LogP contribution in [0.15, 0.2) is 42.5 Å². The summed E-state index contributed by atoms with van der Waals surface area (Å²) in [6.45, 7) is 0.577. The zero-order valence-corrected chi connectivity index (χ0v) is 19.6. The molecule has 2 heterocycles. The van der Waals surface area contributed by atoms with E-state index in [0.717, 1.165) is 12.8 Å². The minimum atomic E-state index is -0.375. The molecule has 172 valence electrons. The highest BCUT2D eigenvalue weighted by Crippen LogP contribution is 2.35. The maximum atomic E-state index is 13.0. The lowest BCUT2D eigenvalue weighted by atomic mass is 10.2. The van der Waals surface area contributed by atoms with E-state index in [4.69, 9.17) is 21.1 Å². The van der Waals surface area contributed by atoms with E-state index in [1.165, 1.54) is 18.4 Å². The van der Waals surface area contributed by atoms with E-state index in [-0.39, 0.29) is 23.0 Å². The van der Waals surface area contributed by atoms with Crippen LogP contribution in [-0.2, 0) is 0 Å². The Morgan fingerprint density at radius 3 is 2.61 bits per heavy atom. The van der Waals surface area contributed by atoms with Crippen LogP contribution in [-0.4, -0.2) is 47.8 Å². The highest BCUT2D eigenvalue weighted by Gasteiger charge is 2.33. The number of ether oxygens (including phenoxy) is 2. The van der Waals surface area contributed by atoms with Gasteiger partial charge in [0.25, 0.3) is 5.91 Å². The van der Waals surface area contributed by atoms with E-state index >= 15 is 0 Å². The van der Waals surface area contributed by atoms with Crippen molar-refractivity contribution in [1.29, 1.82) is 0 Å². The van der Waals surface area contributed by atoms with E-state index in [1.54, 1.807) is 54.5 Å². The van der Waals surface area contributed by atoms with E-state index in [0.29, 0.717) is 39.4 Å². The molecule has 33 heavy (non-hydrogen) atoms. The molecule has 0 saturated carbocycles. The topological polar surface area (TPSA) is 106 Å². The van der Waals surface area contributed by atoms with Gasteiger partial charge >= 0.3 is 6.03 Å². The van der Waals surface area contributed by atoms with Crippen molar-refractivity contribution in [2.75, 3.05) is 31.4 Å². The molecular formula is C22H22ClN5O4S. The molecule has 0 bridgehead atoms. The van der Waals surface area contributed by atoms with Crippen LogP contribution in [0.1, 0.15) is 33.7 Å². The highest BCUT2D eigenvalue weighted by molar-refractivity contribution is 7.13. The SMILES string of the molecule is COc1ccc(NC(=O)N2CCC[C@H]2c2nnc(C(=O)Nc3cccc(Cl)c3)s2)cc1OC. The fourth-order valence-electron chi connectivity index (χ4n) is 3.59. The van der Waals surface area contributed by atoms with Crippen LogP contribution in [0.4, 0.5) is 16.2 Å². The van der Waals surface area contributed by atoms with Gasteiger partial charge in [-0.2, -0.15) is 0 Å². The summed E-state index contributed by atoms with van der Waals surface area (Å²) in [6.07, 6.45) is 1.57. The zero-order chi connectivity index (χ0) is 23.4. The molecule has 9 nitrogen and oxygen atoms in total. The van der Waals surface area contributed by atoms with Gasteiger partial charge in [0.1, 0.15) is 5.01 Å². The summed E-state index contributed by atoms with van der Waals surface area (Å²) in [5.41, 5.74) is 1.16. The van der Waals surface area contributed by atoms with Crippen LogP contribution in [0.2, 0.25) is 5.02 Å². The number of anilines is 2. The van der Waals surface area contributed by atoms with Crippen molar-refractivity contribution in [1.82, 2.24) is 15.1 Å².